The van der Waals surface area contributed by atoms with Gasteiger partial charge in [-0.15, -0.1) is 0 Å². The molecule has 0 fully saturated rings. The largest absolute Gasteiger partial charge is 0.497 e. The molecule has 0 bridgehead atoms. The van der Waals surface area contributed by atoms with Crippen LogP contribution in [0.25, 0.3) is 33.7 Å². The summed E-state index contributed by atoms with van der Waals surface area (Å²) in [4.78, 5) is 33.0. The number of fused-ring (bicyclic) bond motifs is 1. The van der Waals surface area contributed by atoms with Crippen LogP contribution in [0.3, 0.4) is 0 Å². The minimum Gasteiger partial charge on any atom is -0.497 e. The molecule has 8 heteroatoms. The van der Waals surface area contributed by atoms with E-state index in [1.807, 2.05) is 36.4 Å². The Morgan fingerprint density at radius 1 is 0.941 bits per heavy atom. The van der Waals surface area contributed by atoms with Gasteiger partial charge in [-0.25, -0.2) is 4.79 Å². The number of H-pyrrole nitrogens is 1. The van der Waals surface area contributed by atoms with Crippen molar-refractivity contribution in [2.75, 3.05) is 7.11 Å². The molecule has 5 aromatic rings. The predicted molar refractivity (Wildman–Crippen MR) is 129 cm³/mol. The Kier molecular flexibility index (Phi) is 5.55. The van der Waals surface area contributed by atoms with Crippen molar-refractivity contribution in [2.24, 2.45) is 0 Å². The van der Waals surface area contributed by atoms with Gasteiger partial charge >= 0.3 is 5.69 Å². The van der Waals surface area contributed by atoms with E-state index in [9.17, 15) is 9.59 Å². The summed E-state index contributed by atoms with van der Waals surface area (Å²) in [5, 5.41) is 4.47. The molecular weight excluding hydrogens is 432 g/mol. The van der Waals surface area contributed by atoms with Gasteiger partial charge in [0.05, 0.1) is 24.6 Å². The van der Waals surface area contributed by atoms with Crippen LogP contribution < -0.4 is 16.0 Å². The van der Waals surface area contributed by atoms with Gasteiger partial charge in [-0.2, -0.15) is 4.98 Å². The molecule has 2 aromatic heterocycles. The normalized spacial score (nSPS) is 11.1. The summed E-state index contributed by atoms with van der Waals surface area (Å²) in [7, 11) is 1.58. The van der Waals surface area contributed by atoms with Crippen LogP contribution in [0.15, 0.2) is 80.8 Å². The Bertz CT molecular complexity index is 1580. The number of nitrogens with zero attached hydrogens (tertiary/aromatic N) is 3. The highest BCUT2D eigenvalue weighted by molar-refractivity contribution is 5.82. The second-order valence-corrected chi connectivity index (χ2v) is 7.90. The van der Waals surface area contributed by atoms with E-state index < -0.39 is 5.69 Å². The molecule has 0 saturated carbocycles. The number of aromatic amines is 1. The highest BCUT2D eigenvalue weighted by atomic mass is 16.5. The Morgan fingerprint density at radius 3 is 2.35 bits per heavy atom. The Balaban J connectivity index is 1.47. The topological polar surface area (TPSA) is 103 Å². The van der Waals surface area contributed by atoms with Crippen molar-refractivity contribution in [3.8, 4) is 28.6 Å². The fourth-order valence-electron chi connectivity index (χ4n) is 3.79. The van der Waals surface area contributed by atoms with Crippen LogP contribution >= 0.6 is 0 Å². The first kappa shape index (κ1) is 21.4. The molecule has 34 heavy (non-hydrogen) atoms. The average Bonchev–Trinajstić information content (AvgIpc) is 3.37. The summed E-state index contributed by atoms with van der Waals surface area (Å²) >= 11 is 0. The van der Waals surface area contributed by atoms with Gasteiger partial charge in [-0.1, -0.05) is 48.5 Å². The summed E-state index contributed by atoms with van der Waals surface area (Å²) in [6, 6.07) is 20.3. The molecule has 0 aliphatic heterocycles. The zero-order chi connectivity index (χ0) is 23.7. The monoisotopic (exact) mass is 454 g/mol. The first-order valence-corrected chi connectivity index (χ1v) is 10.9. The predicted octanol–water partition coefficient (Wildman–Crippen LogP) is 4.03. The van der Waals surface area contributed by atoms with Gasteiger partial charge in [0.1, 0.15) is 5.75 Å². The highest BCUT2D eigenvalue weighted by Crippen LogP contribution is 2.24. The summed E-state index contributed by atoms with van der Waals surface area (Å²) in [5.74, 6) is 1.49. The maximum absolute atomic E-state index is 13.0. The molecule has 0 radical (unpaired) electrons. The van der Waals surface area contributed by atoms with Crippen molar-refractivity contribution >= 4 is 10.9 Å². The van der Waals surface area contributed by atoms with E-state index >= 15 is 0 Å². The molecule has 0 aliphatic rings. The van der Waals surface area contributed by atoms with Gasteiger partial charge in [0.15, 0.2) is 0 Å². The number of aryl methyl sites for hydroxylation is 1. The van der Waals surface area contributed by atoms with Crippen molar-refractivity contribution in [1.29, 1.82) is 0 Å². The van der Waals surface area contributed by atoms with Crippen molar-refractivity contribution in [1.82, 2.24) is 19.7 Å². The standard InChI is InChI=1S/C26H22N4O4/c1-3-16-4-8-18(9-5-16)23-28-24(34-29-23)19-10-13-21-22(14-19)27-26(32)30(25(21)31)15-17-6-11-20(33-2)12-7-17/h4-14H,3,15H2,1-2H3,(H,27,32). The number of nitrogens with one attached hydrogen (secondary N) is 1. The van der Waals surface area contributed by atoms with Gasteiger partial charge in [-0.05, 0) is 47.9 Å². The first-order chi connectivity index (χ1) is 16.6. The Morgan fingerprint density at radius 2 is 1.65 bits per heavy atom. The molecule has 8 nitrogen and oxygen atoms in total. The highest BCUT2D eigenvalue weighted by Gasteiger charge is 2.14. The second-order valence-electron chi connectivity index (χ2n) is 7.90. The number of methoxy groups -OCH3 is 1. The number of rotatable bonds is 6. The van der Waals surface area contributed by atoms with Crippen molar-refractivity contribution in [3.63, 3.8) is 0 Å². The van der Waals surface area contributed by atoms with Crippen LogP contribution in [0.1, 0.15) is 18.1 Å². The molecule has 3 aromatic carbocycles. The maximum Gasteiger partial charge on any atom is 0.329 e. The van der Waals surface area contributed by atoms with Gasteiger partial charge in [0, 0.05) is 11.1 Å². The van der Waals surface area contributed by atoms with E-state index in [2.05, 4.69) is 22.0 Å². The number of ether oxygens (including phenoxy) is 1. The number of hydrogen-bond acceptors (Lipinski definition) is 6. The van der Waals surface area contributed by atoms with Crippen molar-refractivity contribution in [3.05, 3.63) is 98.7 Å². The summed E-state index contributed by atoms with van der Waals surface area (Å²) in [5.41, 5.74) is 3.04. The van der Waals surface area contributed by atoms with Crippen LogP contribution in [-0.2, 0) is 13.0 Å². The first-order valence-electron chi connectivity index (χ1n) is 10.9. The molecule has 0 atom stereocenters. The molecule has 0 unspecified atom stereocenters. The second kappa shape index (κ2) is 8.82. The summed E-state index contributed by atoms with van der Waals surface area (Å²) in [6.07, 6.45) is 0.953. The molecule has 0 amide bonds. The quantitative estimate of drug-likeness (QED) is 0.416. The van der Waals surface area contributed by atoms with E-state index in [4.69, 9.17) is 9.26 Å². The molecule has 2 heterocycles. The summed E-state index contributed by atoms with van der Waals surface area (Å²) < 4.78 is 11.8. The lowest BCUT2D eigenvalue weighted by Crippen LogP contribution is -2.35. The van der Waals surface area contributed by atoms with Gasteiger partial charge in [-0.3, -0.25) is 9.36 Å². The van der Waals surface area contributed by atoms with Gasteiger partial charge in [0.25, 0.3) is 11.4 Å². The zero-order valence-corrected chi connectivity index (χ0v) is 18.7. The van der Waals surface area contributed by atoms with E-state index in [-0.39, 0.29) is 12.1 Å². The minimum atomic E-state index is -0.493. The average molecular weight is 454 g/mol. The number of aromatic nitrogens is 4. The third-order valence-electron chi connectivity index (χ3n) is 5.77. The van der Waals surface area contributed by atoms with Crippen LogP contribution in [0.2, 0.25) is 0 Å². The molecule has 1 N–H and O–H groups in total. The van der Waals surface area contributed by atoms with Crippen LogP contribution in [0, 0.1) is 0 Å². The molecule has 0 aliphatic carbocycles. The lowest BCUT2D eigenvalue weighted by Gasteiger charge is -2.08. The van der Waals surface area contributed by atoms with Crippen LogP contribution in [0.5, 0.6) is 5.75 Å². The van der Waals surface area contributed by atoms with Gasteiger partial charge in [0.2, 0.25) is 5.82 Å². The fourth-order valence-corrected chi connectivity index (χ4v) is 3.79. The molecule has 170 valence electrons. The zero-order valence-electron chi connectivity index (χ0n) is 18.7. The number of benzene rings is 3. The summed E-state index contributed by atoms with van der Waals surface area (Å²) in [6.45, 7) is 2.25. The van der Waals surface area contributed by atoms with Crippen LogP contribution in [0.4, 0.5) is 0 Å². The molecule has 0 saturated heterocycles. The van der Waals surface area contributed by atoms with E-state index in [0.717, 1.165) is 17.5 Å². The Labute approximate surface area is 194 Å². The Hall–Kier alpha value is -4.46. The molecular formula is C26H22N4O4. The lowest BCUT2D eigenvalue weighted by molar-refractivity contribution is 0.414. The van der Waals surface area contributed by atoms with E-state index in [0.29, 0.717) is 33.9 Å². The minimum absolute atomic E-state index is 0.152. The van der Waals surface area contributed by atoms with Crippen molar-refractivity contribution < 1.29 is 9.26 Å². The van der Waals surface area contributed by atoms with E-state index in [1.165, 1.54) is 10.1 Å². The van der Waals surface area contributed by atoms with E-state index in [1.54, 1.807) is 37.4 Å². The molecule has 5 rings (SSSR count). The lowest BCUT2D eigenvalue weighted by atomic mass is 10.1. The van der Waals surface area contributed by atoms with Crippen LogP contribution in [-0.4, -0.2) is 26.8 Å². The fraction of sp³-hybridized carbons (Fsp3) is 0.154. The van der Waals surface area contributed by atoms with Crippen molar-refractivity contribution in [2.45, 2.75) is 19.9 Å². The SMILES string of the molecule is CCc1ccc(-c2noc(-c3ccc4c(=O)n(Cc5ccc(OC)cc5)c(=O)[nH]c4c3)n2)cc1. The molecule has 0 spiro atoms. The number of hydrogen-bond donors (Lipinski definition) is 1. The van der Waals surface area contributed by atoms with Gasteiger partial charge < -0.3 is 14.2 Å². The smallest absolute Gasteiger partial charge is 0.329 e. The maximum atomic E-state index is 13.0. The third kappa shape index (κ3) is 4.01. The third-order valence-corrected chi connectivity index (χ3v) is 5.77.